The lowest BCUT2D eigenvalue weighted by Gasteiger charge is -2.35. The second-order valence-electron chi connectivity index (χ2n) is 5.95. The number of piperazine rings is 1. The van der Waals surface area contributed by atoms with Crippen LogP contribution in [0.5, 0.6) is 5.75 Å². The van der Waals surface area contributed by atoms with Gasteiger partial charge in [0.1, 0.15) is 5.75 Å². The highest BCUT2D eigenvalue weighted by molar-refractivity contribution is 5.77. The molecule has 1 saturated heterocycles. The monoisotopic (exact) mass is 291 g/mol. The SMILES string of the molecule is CC[C@H](C)[NH+]1CCN(C(=O)COc2ccc(C)cc2)CC1. The molecule has 1 amide bonds. The number of hydrogen-bond acceptors (Lipinski definition) is 2. The van der Waals surface area contributed by atoms with E-state index < -0.39 is 0 Å². The molecule has 2 rings (SSSR count). The maximum Gasteiger partial charge on any atom is 0.260 e. The Morgan fingerprint density at radius 1 is 1.29 bits per heavy atom. The number of carbonyl (C=O) groups excluding carboxylic acids is 1. The molecule has 1 aliphatic rings. The van der Waals surface area contributed by atoms with E-state index in [2.05, 4.69) is 13.8 Å². The minimum absolute atomic E-state index is 0.0961. The predicted molar refractivity (Wildman–Crippen MR) is 83.7 cm³/mol. The number of aryl methyl sites for hydroxylation is 1. The van der Waals surface area contributed by atoms with Gasteiger partial charge in [-0.05, 0) is 32.4 Å². The second kappa shape index (κ2) is 7.46. The lowest BCUT2D eigenvalue weighted by molar-refractivity contribution is -0.927. The van der Waals surface area contributed by atoms with Crippen molar-refractivity contribution in [2.24, 2.45) is 0 Å². The second-order valence-corrected chi connectivity index (χ2v) is 5.95. The average molecular weight is 291 g/mol. The Hall–Kier alpha value is -1.55. The van der Waals surface area contributed by atoms with E-state index in [1.807, 2.05) is 36.1 Å². The van der Waals surface area contributed by atoms with Crippen molar-refractivity contribution in [2.75, 3.05) is 32.8 Å². The standard InChI is InChI=1S/C17H26N2O2/c1-4-15(3)18-9-11-19(12-10-18)17(20)13-21-16-7-5-14(2)6-8-16/h5-8,15H,4,9-13H2,1-3H3/p+1/t15-/m0/s1. The molecule has 4 nitrogen and oxygen atoms in total. The van der Waals surface area contributed by atoms with Crippen molar-refractivity contribution in [3.63, 3.8) is 0 Å². The van der Waals surface area contributed by atoms with Crippen molar-refractivity contribution in [2.45, 2.75) is 33.2 Å². The minimum Gasteiger partial charge on any atom is -0.484 e. The first-order chi connectivity index (χ1) is 10.1. The average Bonchev–Trinajstić information content (AvgIpc) is 2.53. The molecule has 0 unspecified atom stereocenters. The van der Waals surface area contributed by atoms with Crippen LogP contribution in [0, 0.1) is 6.92 Å². The molecule has 4 heteroatoms. The van der Waals surface area contributed by atoms with Gasteiger partial charge in [-0.2, -0.15) is 0 Å². The Balaban J connectivity index is 1.76. The molecule has 116 valence electrons. The lowest BCUT2D eigenvalue weighted by atomic mass is 10.2. The van der Waals surface area contributed by atoms with E-state index in [1.165, 1.54) is 12.0 Å². The Labute approximate surface area is 127 Å². The number of quaternary nitrogens is 1. The van der Waals surface area contributed by atoms with Gasteiger partial charge in [-0.1, -0.05) is 24.6 Å². The topological polar surface area (TPSA) is 34.0 Å². The highest BCUT2D eigenvalue weighted by atomic mass is 16.5. The smallest absolute Gasteiger partial charge is 0.260 e. The van der Waals surface area contributed by atoms with E-state index in [0.29, 0.717) is 6.04 Å². The zero-order chi connectivity index (χ0) is 15.2. The summed E-state index contributed by atoms with van der Waals surface area (Å²) < 4.78 is 5.57. The molecule has 0 saturated carbocycles. The van der Waals surface area contributed by atoms with Gasteiger partial charge in [0.05, 0.1) is 32.2 Å². The van der Waals surface area contributed by atoms with Crippen LogP contribution in [-0.4, -0.2) is 49.6 Å². The summed E-state index contributed by atoms with van der Waals surface area (Å²) in [4.78, 5) is 15.7. The fraction of sp³-hybridized carbons (Fsp3) is 0.588. The first kappa shape index (κ1) is 15.8. The number of carbonyl (C=O) groups is 1. The van der Waals surface area contributed by atoms with Crippen molar-refractivity contribution < 1.29 is 14.4 Å². The van der Waals surface area contributed by atoms with Crippen LogP contribution < -0.4 is 9.64 Å². The van der Waals surface area contributed by atoms with Crippen LogP contribution in [0.3, 0.4) is 0 Å². The van der Waals surface area contributed by atoms with Gasteiger partial charge in [-0.15, -0.1) is 0 Å². The first-order valence-electron chi connectivity index (χ1n) is 7.92. The predicted octanol–water partition coefficient (Wildman–Crippen LogP) is 0.899. The summed E-state index contributed by atoms with van der Waals surface area (Å²) in [5.41, 5.74) is 1.19. The number of hydrogen-bond donors (Lipinski definition) is 1. The van der Waals surface area contributed by atoms with Gasteiger partial charge in [0.2, 0.25) is 0 Å². The van der Waals surface area contributed by atoms with Gasteiger partial charge in [0.25, 0.3) is 5.91 Å². The quantitative estimate of drug-likeness (QED) is 0.874. The molecule has 1 fully saturated rings. The van der Waals surface area contributed by atoms with Gasteiger partial charge in [-0.3, -0.25) is 4.79 Å². The van der Waals surface area contributed by atoms with E-state index in [-0.39, 0.29) is 12.5 Å². The summed E-state index contributed by atoms with van der Waals surface area (Å²) in [5, 5.41) is 0. The maximum absolute atomic E-state index is 12.2. The molecule has 0 spiro atoms. The Kier molecular flexibility index (Phi) is 5.62. The van der Waals surface area contributed by atoms with E-state index in [1.54, 1.807) is 4.90 Å². The molecule has 1 N–H and O–H groups in total. The van der Waals surface area contributed by atoms with E-state index in [9.17, 15) is 4.79 Å². The van der Waals surface area contributed by atoms with Crippen LogP contribution in [0.1, 0.15) is 25.8 Å². The van der Waals surface area contributed by atoms with Gasteiger partial charge in [-0.25, -0.2) is 0 Å². The van der Waals surface area contributed by atoms with Crippen LogP contribution in [0.4, 0.5) is 0 Å². The van der Waals surface area contributed by atoms with Gasteiger partial charge < -0.3 is 14.5 Å². The van der Waals surface area contributed by atoms with Gasteiger partial charge in [0, 0.05) is 0 Å². The van der Waals surface area contributed by atoms with E-state index in [0.717, 1.165) is 31.9 Å². The Morgan fingerprint density at radius 3 is 2.48 bits per heavy atom. The van der Waals surface area contributed by atoms with Crippen molar-refractivity contribution >= 4 is 5.91 Å². The highest BCUT2D eigenvalue weighted by Gasteiger charge is 2.26. The molecular weight excluding hydrogens is 264 g/mol. The molecule has 1 aromatic rings. The third-order valence-corrected chi connectivity index (χ3v) is 4.45. The summed E-state index contributed by atoms with van der Waals surface area (Å²) in [6, 6.07) is 8.50. The molecule has 0 aliphatic carbocycles. The molecule has 21 heavy (non-hydrogen) atoms. The van der Waals surface area contributed by atoms with Crippen molar-refractivity contribution in [1.82, 2.24) is 4.90 Å². The van der Waals surface area contributed by atoms with Gasteiger partial charge in [0.15, 0.2) is 6.61 Å². The molecule has 1 heterocycles. The fourth-order valence-electron chi connectivity index (χ4n) is 2.70. The van der Waals surface area contributed by atoms with Crippen molar-refractivity contribution in [3.8, 4) is 5.75 Å². The Bertz CT molecular complexity index is 450. The number of amides is 1. The van der Waals surface area contributed by atoms with Crippen LogP contribution >= 0.6 is 0 Å². The minimum atomic E-state index is 0.0961. The first-order valence-corrected chi connectivity index (χ1v) is 7.92. The number of ether oxygens (including phenoxy) is 1. The zero-order valence-electron chi connectivity index (χ0n) is 13.4. The summed E-state index contributed by atoms with van der Waals surface area (Å²) in [5.74, 6) is 0.858. The number of benzene rings is 1. The molecule has 1 aliphatic heterocycles. The number of nitrogens with zero attached hydrogens (tertiary/aromatic N) is 1. The third kappa shape index (κ3) is 4.46. The van der Waals surface area contributed by atoms with Crippen molar-refractivity contribution in [3.05, 3.63) is 29.8 Å². The molecule has 0 radical (unpaired) electrons. The number of nitrogens with one attached hydrogen (secondary N) is 1. The lowest BCUT2D eigenvalue weighted by Crippen LogP contribution is -3.17. The summed E-state index contributed by atoms with van der Waals surface area (Å²) in [6.07, 6.45) is 1.19. The summed E-state index contributed by atoms with van der Waals surface area (Å²) in [6.45, 7) is 10.5. The van der Waals surface area contributed by atoms with Crippen molar-refractivity contribution in [1.29, 1.82) is 0 Å². The third-order valence-electron chi connectivity index (χ3n) is 4.45. The van der Waals surface area contributed by atoms with E-state index in [4.69, 9.17) is 4.74 Å². The maximum atomic E-state index is 12.2. The zero-order valence-corrected chi connectivity index (χ0v) is 13.4. The summed E-state index contributed by atoms with van der Waals surface area (Å²) in [7, 11) is 0. The molecular formula is C17H27N2O2+. The van der Waals surface area contributed by atoms with E-state index >= 15 is 0 Å². The van der Waals surface area contributed by atoms with Gasteiger partial charge >= 0.3 is 0 Å². The molecule has 0 bridgehead atoms. The molecule has 1 aromatic carbocycles. The number of rotatable bonds is 5. The highest BCUT2D eigenvalue weighted by Crippen LogP contribution is 2.11. The largest absolute Gasteiger partial charge is 0.484 e. The molecule has 1 atom stereocenters. The fourth-order valence-corrected chi connectivity index (χ4v) is 2.70. The van der Waals surface area contributed by atoms with Crippen LogP contribution in [0.2, 0.25) is 0 Å². The van der Waals surface area contributed by atoms with Crippen LogP contribution in [0.15, 0.2) is 24.3 Å². The summed E-state index contributed by atoms with van der Waals surface area (Å²) >= 11 is 0. The normalized spacial score (nSPS) is 17.6. The Morgan fingerprint density at radius 2 is 1.90 bits per heavy atom. The molecule has 0 aromatic heterocycles. The van der Waals surface area contributed by atoms with Crippen LogP contribution in [0.25, 0.3) is 0 Å². The van der Waals surface area contributed by atoms with Crippen LogP contribution in [-0.2, 0) is 4.79 Å².